The molecule has 0 aliphatic rings. The van der Waals surface area contributed by atoms with E-state index in [1.807, 2.05) is 19.9 Å². The van der Waals surface area contributed by atoms with Crippen molar-refractivity contribution in [2.75, 3.05) is 0 Å². The molecular weight excluding hydrogens is 111 g/mol. The average Bonchev–Trinajstić information content (AvgIpc) is 1.90. The molecule has 2 radical (unpaired) electrons. The third kappa shape index (κ3) is 2.37. The molecule has 0 aliphatic carbocycles. The highest BCUT2D eigenvalue weighted by molar-refractivity contribution is 6.24. The van der Waals surface area contributed by atoms with Crippen LogP contribution in [0.25, 0.3) is 0 Å². The molecule has 48 valence electrons. The number of hydrogen-bond acceptors (Lipinski definition) is 2. The lowest BCUT2D eigenvalue weighted by molar-refractivity contribution is 0.907. The van der Waals surface area contributed by atoms with Crippen molar-refractivity contribution in [3.05, 3.63) is 23.3 Å². The summed E-state index contributed by atoms with van der Waals surface area (Å²) in [6.45, 7) is 3.72. The first-order chi connectivity index (χ1) is 4.26. The van der Waals surface area contributed by atoms with Gasteiger partial charge in [0.15, 0.2) is 0 Å². The van der Waals surface area contributed by atoms with Gasteiger partial charge in [0, 0.05) is 5.70 Å². The topological polar surface area (TPSA) is 38.0 Å². The number of hydrogen-bond donors (Lipinski definition) is 2. The van der Waals surface area contributed by atoms with E-state index in [0.717, 1.165) is 5.70 Å². The summed E-state index contributed by atoms with van der Waals surface area (Å²) in [5.41, 5.74) is 3.90. The van der Waals surface area contributed by atoms with Gasteiger partial charge in [0.1, 0.15) is 7.85 Å². The molecule has 0 heterocycles. The molecule has 0 saturated heterocycles. The molecule has 0 aromatic carbocycles. The molecule has 0 unspecified atom stereocenters. The van der Waals surface area contributed by atoms with Gasteiger partial charge in [-0.3, -0.25) is 5.84 Å². The minimum Gasteiger partial charge on any atom is -0.325 e. The van der Waals surface area contributed by atoms with Crippen molar-refractivity contribution in [2.24, 2.45) is 5.84 Å². The number of nitrogens with two attached hydrogens (primary N) is 1. The molecule has 0 spiro atoms. The Bertz CT molecular complexity index is 138. The molecule has 0 saturated carbocycles. The minimum absolute atomic E-state index is 0.667. The largest absolute Gasteiger partial charge is 0.325 e. The van der Waals surface area contributed by atoms with Gasteiger partial charge in [-0.15, -0.1) is 0 Å². The third-order valence-electron chi connectivity index (χ3n) is 1.07. The van der Waals surface area contributed by atoms with Crippen molar-refractivity contribution < 1.29 is 0 Å². The fraction of sp³-hybridized carbons (Fsp3) is 0.333. The molecule has 0 amide bonds. The maximum atomic E-state index is 5.49. The Kier molecular flexibility index (Phi) is 3.89. The molecule has 0 rings (SSSR count). The predicted molar refractivity (Wildman–Crippen MR) is 40.6 cm³/mol. The molecule has 0 aromatic rings. The van der Waals surface area contributed by atoms with Crippen molar-refractivity contribution in [3.8, 4) is 0 Å². The van der Waals surface area contributed by atoms with Gasteiger partial charge in [0.2, 0.25) is 0 Å². The van der Waals surface area contributed by atoms with Crippen LogP contribution in [0.1, 0.15) is 13.8 Å². The van der Waals surface area contributed by atoms with Crippen LogP contribution in [0.4, 0.5) is 0 Å². The van der Waals surface area contributed by atoms with E-state index < -0.39 is 0 Å². The lowest BCUT2D eigenvalue weighted by atomic mass is 9.92. The number of hydrazine groups is 1. The minimum atomic E-state index is 0.667. The number of rotatable bonds is 2. The fourth-order valence-electron chi connectivity index (χ4n) is 0.489. The van der Waals surface area contributed by atoms with Crippen molar-refractivity contribution in [2.45, 2.75) is 13.8 Å². The van der Waals surface area contributed by atoms with Crippen LogP contribution in [-0.2, 0) is 0 Å². The molecule has 3 heteroatoms. The average molecular weight is 122 g/mol. The Balaban J connectivity index is 4.14. The number of allylic oxidation sites excluding steroid dienone is 3. The Morgan fingerprint density at radius 2 is 2.00 bits per heavy atom. The molecule has 2 nitrogen and oxygen atoms in total. The molecule has 0 atom stereocenters. The second kappa shape index (κ2) is 4.21. The van der Waals surface area contributed by atoms with E-state index in [1.54, 1.807) is 6.08 Å². The van der Waals surface area contributed by atoms with E-state index in [4.69, 9.17) is 13.7 Å². The van der Waals surface area contributed by atoms with Crippen LogP contribution < -0.4 is 11.3 Å². The Morgan fingerprint density at radius 3 is 2.11 bits per heavy atom. The van der Waals surface area contributed by atoms with Crippen LogP contribution in [-0.4, -0.2) is 7.85 Å². The van der Waals surface area contributed by atoms with Crippen molar-refractivity contribution in [1.82, 2.24) is 5.43 Å². The van der Waals surface area contributed by atoms with Gasteiger partial charge in [-0.2, -0.15) is 0 Å². The zero-order valence-corrected chi connectivity index (χ0v) is 5.81. The normalized spacial score (nSPS) is 13.7. The zero-order chi connectivity index (χ0) is 7.28. The van der Waals surface area contributed by atoms with Crippen molar-refractivity contribution in [1.29, 1.82) is 0 Å². The smallest absolute Gasteiger partial charge is 0.116 e. The maximum absolute atomic E-state index is 5.49. The van der Waals surface area contributed by atoms with Crippen molar-refractivity contribution >= 4 is 7.85 Å². The predicted octanol–water partition coefficient (Wildman–Crippen LogP) is 0.426. The van der Waals surface area contributed by atoms with Crippen molar-refractivity contribution in [3.63, 3.8) is 0 Å². The van der Waals surface area contributed by atoms with E-state index in [1.165, 1.54) is 0 Å². The summed E-state index contributed by atoms with van der Waals surface area (Å²) >= 11 is 0. The second-order valence-electron chi connectivity index (χ2n) is 1.59. The van der Waals surface area contributed by atoms with E-state index in [9.17, 15) is 0 Å². The molecule has 0 fully saturated rings. The summed E-state index contributed by atoms with van der Waals surface area (Å²) in [4.78, 5) is 0. The highest BCUT2D eigenvalue weighted by Crippen LogP contribution is 1.98. The molecular formula is C6H11BN2. The third-order valence-corrected chi connectivity index (χ3v) is 1.07. The molecule has 0 aliphatic heterocycles. The quantitative estimate of drug-likeness (QED) is 0.241. The summed E-state index contributed by atoms with van der Waals surface area (Å²) in [5, 5.41) is 0. The Morgan fingerprint density at radius 1 is 1.44 bits per heavy atom. The van der Waals surface area contributed by atoms with E-state index in [2.05, 4.69) is 5.43 Å². The standard InChI is InChI=1S/C6H11BN2/c1-3-5(7)6(4-2)9-8/h3-4,9H,8H2,1-2H3/b5-3+,6-4+. The summed E-state index contributed by atoms with van der Waals surface area (Å²) in [7, 11) is 5.49. The molecule has 0 aromatic heterocycles. The van der Waals surface area contributed by atoms with Crippen LogP contribution in [0, 0.1) is 0 Å². The van der Waals surface area contributed by atoms with E-state index >= 15 is 0 Å². The summed E-state index contributed by atoms with van der Waals surface area (Å²) in [6.07, 6.45) is 3.60. The SMILES string of the molecule is [B]C(=C/C)/C(=C\C)NN. The highest BCUT2D eigenvalue weighted by atomic mass is 15.2. The van der Waals surface area contributed by atoms with Gasteiger partial charge in [-0.1, -0.05) is 17.6 Å². The first kappa shape index (κ1) is 8.30. The van der Waals surface area contributed by atoms with Crippen LogP contribution in [0.3, 0.4) is 0 Å². The van der Waals surface area contributed by atoms with E-state index in [-0.39, 0.29) is 0 Å². The van der Waals surface area contributed by atoms with Crippen LogP contribution in [0.15, 0.2) is 23.3 Å². The van der Waals surface area contributed by atoms with Crippen LogP contribution >= 0.6 is 0 Å². The Labute approximate surface area is 57.2 Å². The van der Waals surface area contributed by atoms with Gasteiger partial charge in [-0.25, -0.2) is 0 Å². The lowest BCUT2D eigenvalue weighted by Gasteiger charge is -2.04. The summed E-state index contributed by atoms with van der Waals surface area (Å²) in [6, 6.07) is 0. The van der Waals surface area contributed by atoms with Gasteiger partial charge >= 0.3 is 0 Å². The maximum Gasteiger partial charge on any atom is 0.116 e. The monoisotopic (exact) mass is 122 g/mol. The molecule has 3 N–H and O–H groups in total. The van der Waals surface area contributed by atoms with Gasteiger partial charge in [0.25, 0.3) is 0 Å². The van der Waals surface area contributed by atoms with Gasteiger partial charge < -0.3 is 5.43 Å². The van der Waals surface area contributed by atoms with Crippen LogP contribution in [0.2, 0.25) is 0 Å². The summed E-state index contributed by atoms with van der Waals surface area (Å²) < 4.78 is 0. The lowest BCUT2D eigenvalue weighted by Crippen LogP contribution is -2.22. The fourth-order valence-corrected chi connectivity index (χ4v) is 0.489. The zero-order valence-electron chi connectivity index (χ0n) is 5.81. The van der Waals surface area contributed by atoms with Gasteiger partial charge in [-0.05, 0) is 13.8 Å². The Hall–Kier alpha value is -0.695. The highest BCUT2D eigenvalue weighted by Gasteiger charge is 1.90. The van der Waals surface area contributed by atoms with Gasteiger partial charge in [0.05, 0.1) is 0 Å². The van der Waals surface area contributed by atoms with Crippen LogP contribution in [0.5, 0.6) is 0 Å². The first-order valence-corrected chi connectivity index (χ1v) is 2.81. The second-order valence-corrected chi connectivity index (χ2v) is 1.59. The molecule has 0 bridgehead atoms. The molecule has 9 heavy (non-hydrogen) atoms. The first-order valence-electron chi connectivity index (χ1n) is 2.81. The van der Waals surface area contributed by atoms with E-state index in [0.29, 0.717) is 5.47 Å². The summed E-state index contributed by atoms with van der Waals surface area (Å²) in [5.74, 6) is 5.12. The number of nitrogens with one attached hydrogen (secondary N) is 1.